The lowest BCUT2D eigenvalue weighted by molar-refractivity contribution is -0.131. The molecule has 0 saturated heterocycles. The minimum absolute atomic E-state index is 0.0664. The van der Waals surface area contributed by atoms with Crippen molar-refractivity contribution in [3.63, 3.8) is 0 Å². The van der Waals surface area contributed by atoms with E-state index in [4.69, 9.17) is 5.11 Å². The Morgan fingerprint density at radius 1 is 1.38 bits per heavy atom. The summed E-state index contributed by atoms with van der Waals surface area (Å²) in [4.78, 5) is 32.8. The molecule has 3 atom stereocenters. The molecule has 5 heteroatoms. The van der Waals surface area contributed by atoms with E-state index in [1.165, 1.54) is 6.08 Å². The molecule has 1 saturated carbocycles. The van der Waals surface area contributed by atoms with Crippen molar-refractivity contribution in [3.05, 3.63) is 24.3 Å². The minimum atomic E-state index is -1.12. The maximum atomic E-state index is 11.6. The lowest BCUT2D eigenvalue weighted by Crippen LogP contribution is -2.21. The fraction of sp³-hybridized carbons (Fsp3) is 0.562. The van der Waals surface area contributed by atoms with Crippen molar-refractivity contribution in [2.24, 2.45) is 11.8 Å². The van der Waals surface area contributed by atoms with Gasteiger partial charge in [-0.25, -0.2) is 4.79 Å². The number of aliphatic hydroxyl groups is 1. The summed E-state index contributed by atoms with van der Waals surface area (Å²) in [6.45, 7) is 1.56. The smallest absolute Gasteiger partial charge is 0.328 e. The molecule has 0 radical (unpaired) electrons. The van der Waals surface area contributed by atoms with Crippen LogP contribution in [0.25, 0.3) is 0 Å². The Bertz CT molecular complexity index is 450. The third kappa shape index (κ3) is 6.49. The highest BCUT2D eigenvalue weighted by molar-refractivity contribution is 5.82. The number of carbonyl (C=O) groups is 3. The Balaban J connectivity index is 2.54. The molecular weight excluding hydrogens is 272 g/mol. The molecule has 0 heterocycles. The van der Waals surface area contributed by atoms with Gasteiger partial charge in [-0.1, -0.05) is 12.2 Å². The highest BCUT2D eigenvalue weighted by Gasteiger charge is 2.35. The molecular formula is C16H22O5. The van der Waals surface area contributed by atoms with Gasteiger partial charge in [-0.05, 0) is 31.8 Å². The van der Waals surface area contributed by atoms with Crippen molar-refractivity contribution in [3.8, 4) is 0 Å². The van der Waals surface area contributed by atoms with Gasteiger partial charge in [-0.3, -0.25) is 4.79 Å². The summed E-state index contributed by atoms with van der Waals surface area (Å²) in [5.74, 6) is -1.21. The zero-order valence-corrected chi connectivity index (χ0v) is 12.2. The van der Waals surface area contributed by atoms with Crippen LogP contribution in [-0.4, -0.2) is 33.9 Å². The van der Waals surface area contributed by atoms with Gasteiger partial charge >= 0.3 is 5.97 Å². The molecule has 0 aromatic carbocycles. The quantitative estimate of drug-likeness (QED) is 0.405. The molecule has 116 valence electrons. The summed E-state index contributed by atoms with van der Waals surface area (Å²) in [6.07, 6.45) is 7.78. The number of aliphatic hydroxyl groups excluding tert-OH is 1. The fourth-order valence-electron chi connectivity index (χ4n) is 2.56. The molecule has 0 bridgehead atoms. The molecule has 3 unspecified atom stereocenters. The molecule has 0 aliphatic heterocycles. The molecule has 2 N–H and O–H groups in total. The largest absolute Gasteiger partial charge is 0.478 e. The molecule has 1 fully saturated rings. The Morgan fingerprint density at radius 3 is 2.71 bits per heavy atom. The zero-order valence-electron chi connectivity index (χ0n) is 12.2. The third-order valence-electron chi connectivity index (χ3n) is 3.63. The van der Waals surface area contributed by atoms with Crippen LogP contribution < -0.4 is 0 Å². The van der Waals surface area contributed by atoms with E-state index in [1.807, 2.05) is 12.2 Å². The fourth-order valence-corrected chi connectivity index (χ4v) is 2.56. The summed E-state index contributed by atoms with van der Waals surface area (Å²) < 4.78 is 0. The first-order chi connectivity index (χ1) is 9.90. The Labute approximate surface area is 124 Å². The Morgan fingerprint density at radius 2 is 2.10 bits per heavy atom. The Hall–Kier alpha value is -1.75. The number of hydrogen-bond acceptors (Lipinski definition) is 4. The van der Waals surface area contributed by atoms with Crippen molar-refractivity contribution < 1.29 is 24.6 Å². The maximum Gasteiger partial charge on any atom is 0.328 e. The second-order valence-electron chi connectivity index (χ2n) is 5.48. The van der Waals surface area contributed by atoms with E-state index in [0.29, 0.717) is 12.8 Å². The van der Waals surface area contributed by atoms with Crippen molar-refractivity contribution in [1.29, 1.82) is 0 Å². The normalized spacial score (nSPS) is 24.0. The van der Waals surface area contributed by atoms with Gasteiger partial charge in [0, 0.05) is 31.3 Å². The number of carboxylic acids is 1. The Kier molecular flexibility index (Phi) is 7.02. The van der Waals surface area contributed by atoms with Gasteiger partial charge in [-0.15, -0.1) is 0 Å². The standard InChI is InChI=1S/C16H22O5/c1-11(17)5-3-2-4-6-12-9-13(18)10-14(12)15(19)7-8-16(20)21/h4,6-8,12,14-15,19H,2-3,5,9-10H2,1H3,(H,20,21)/b6-4+,8-7+. The zero-order chi connectivity index (χ0) is 15.8. The van der Waals surface area contributed by atoms with E-state index in [2.05, 4.69) is 0 Å². The van der Waals surface area contributed by atoms with Crippen molar-refractivity contribution in [2.75, 3.05) is 0 Å². The summed E-state index contributed by atoms with van der Waals surface area (Å²) in [5, 5.41) is 18.5. The van der Waals surface area contributed by atoms with Crippen LogP contribution in [0.1, 0.15) is 39.0 Å². The second kappa shape index (κ2) is 8.52. The molecule has 0 aromatic rings. The van der Waals surface area contributed by atoms with Crippen LogP contribution in [0.2, 0.25) is 0 Å². The summed E-state index contributed by atoms with van der Waals surface area (Å²) in [5.41, 5.74) is 0. The average Bonchev–Trinajstić information content (AvgIpc) is 2.76. The molecule has 0 aromatic heterocycles. The molecule has 1 aliphatic carbocycles. The SMILES string of the molecule is CC(=O)CCC/C=C/C1CC(=O)CC1C(O)/C=C/C(=O)O. The van der Waals surface area contributed by atoms with E-state index in [-0.39, 0.29) is 29.8 Å². The lowest BCUT2D eigenvalue weighted by atomic mass is 9.90. The van der Waals surface area contributed by atoms with Crippen molar-refractivity contribution in [2.45, 2.75) is 45.1 Å². The number of allylic oxidation sites excluding steroid dienone is 2. The van der Waals surface area contributed by atoms with E-state index in [1.54, 1.807) is 6.92 Å². The number of unbranched alkanes of at least 4 members (excludes halogenated alkanes) is 1. The lowest BCUT2D eigenvalue weighted by Gasteiger charge is -2.19. The van der Waals surface area contributed by atoms with Crippen LogP contribution in [0.4, 0.5) is 0 Å². The van der Waals surface area contributed by atoms with E-state index in [9.17, 15) is 19.5 Å². The number of carbonyl (C=O) groups excluding carboxylic acids is 2. The number of aliphatic carboxylic acids is 1. The third-order valence-corrected chi connectivity index (χ3v) is 3.63. The summed E-state index contributed by atoms with van der Waals surface area (Å²) in [6, 6.07) is 0. The van der Waals surface area contributed by atoms with Gasteiger partial charge in [-0.2, -0.15) is 0 Å². The van der Waals surface area contributed by atoms with Gasteiger partial charge in [0.05, 0.1) is 6.10 Å². The van der Waals surface area contributed by atoms with Gasteiger partial charge in [0.15, 0.2) is 0 Å². The van der Waals surface area contributed by atoms with Gasteiger partial charge in [0.1, 0.15) is 11.6 Å². The maximum absolute atomic E-state index is 11.6. The van der Waals surface area contributed by atoms with E-state index in [0.717, 1.165) is 18.9 Å². The van der Waals surface area contributed by atoms with Gasteiger partial charge in [0.2, 0.25) is 0 Å². The highest BCUT2D eigenvalue weighted by Crippen LogP contribution is 2.33. The molecule has 0 amide bonds. The summed E-state index contributed by atoms with van der Waals surface area (Å²) >= 11 is 0. The van der Waals surface area contributed by atoms with Crippen molar-refractivity contribution >= 4 is 17.5 Å². The van der Waals surface area contributed by atoms with Crippen LogP contribution in [0.15, 0.2) is 24.3 Å². The van der Waals surface area contributed by atoms with E-state index >= 15 is 0 Å². The van der Waals surface area contributed by atoms with Crippen molar-refractivity contribution in [1.82, 2.24) is 0 Å². The highest BCUT2D eigenvalue weighted by atomic mass is 16.4. The van der Waals surface area contributed by atoms with Crippen LogP contribution in [0.3, 0.4) is 0 Å². The average molecular weight is 294 g/mol. The predicted molar refractivity (Wildman–Crippen MR) is 77.7 cm³/mol. The first-order valence-corrected chi connectivity index (χ1v) is 7.17. The molecule has 1 aliphatic rings. The molecule has 5 nitrogen and oxygen atoms in total. The molecule has 21 heavy (non-hydrogen) atoms. The molecule has 0 spiro atoms. The summed E-state index contributed by atoms with van der Waals surface area (Å²) in [7, 11) is 0. The number of carboxylic acid groups (broad SMARTS) is 1. The number of rotatable bonds is 8. The number of ketones is 2. The first-order valence-electron chi connectivity index (χ1n) is 7.17. The second-order valence-corrected chi connectivity index (χ2v) is 5.48. The number of Topliss-reactive ketones (excluding diaryl/α,β-unsaturated/α-hetero) is 2. The van der Waals surface area contributed by atoms with Crippen LogP contribution in [-0.2, 0) is 14.4 Å². The monoisotopic (exact) mass is 294 g/mol. The molecule has 1 rings (SSSR count). The van der Waals surface area contributed by atoms with E-state index < -0.39 is 12.1 Å². The van der Waals surface area contributed by atoms with Gasteiger partial charge < -0.3 is 15.0 Å². The topological polar surface area (TPSA) is 91.7 Å². The first kappa shape index (κ1) is 17.3. The van der Waals surface area contributed by atoms with Crippen LogP contribution in [0, 0.1) is 11.8 Å². The van der Waals surface area contributed by atoms with Gasteiger partial charge in [0.25, 0.3) is 0 Å². The minimum Gasteiger partial charge on any atom is -0.478 e. The number of hydrogen-bond donors (Lipinski definition) is 2. The predicted octanol–water partition coefficient (Wildman–Crippen LogP) is 1.90. The van der Waals surface area contributed by atoms with Crippen LogP contribution in [0.5, 0.6) is 0 Å². The van der Waals surface area contributed by atoms with Crippen LogP contribution >= 0.6 is 0 Å².